The first-order chi connectivity index (χ1) is 13.7. The summed E-state index contributed by atoms with van der Waals surface area (Å²) in [6.45, 7) is 6.54. The number of benzene rings is 1. The van der Waals surface area contributed by atoms with E-state index < -0.39 is 0 Å². The number of amides is 2. The zero-order valence-corrected chi connectivity index (χ0v) is 17.0. The Morgan fingerprint density at radius 1 is 1.21 bits per heavy atom. The molecular formula is C21H31N5O2. The Bertz CT molecular complexity index is 774. The number of carbonyl (C=O) groups excluding carboxylic acids is 1. The summed E-state index contributed by atoms with van der Waals surface area (Å²) in [5, 5.41) is 11.8. The third-order valence-corrected chi connectivity index (χ3v) is 4.99. The van der Waals surface area contributed by atoms with E-state index in [9.17, 15) is 4.79 Å². The number of fused-ring (bicyclic) bond motifs is 1. The molecule has 152 valence electrons. The van der Waals surface area contributed by atoms with Gasteiger partial charge in [0.2, 0.25) is 0 Å². The number of unbranched alkanes of at least 4 members (excludes halogenated alkanes) is 1. The van der Waals surface area contributed by atoms with Gasteiger partial charge in [0.15, 0.2) is 5.82 Å². The predicted octanol–water partition coefficient (Wildman–Crippen LogP) is 3.92. The Morgan fingerprint density at radius 3 is 2.89 bits per heavy atom. The molecule has 28 heavy (non-hydrogen) atoms. The molecule has 0 atom stereocenters. The van der Waals surface area contributed by atoms with Crippen LogP contribution in [0.4, 0.5) is 10.5 Å². The average molecular weight is 386 g/mol. The van der Waals surface area contributed by atoms with E-state index in [4.69, 9.17) is 4.74 Å². The number of nitrogens with one attached hydrogen (secondary N) is 1. The van der Waals surface area contributed by atoms with Crippen molar-refractivity contribution >= 4 is 11.7 Å². The van der Waals surface area contributed by atoms with E-state index in [1.54, 1.807) is 4.90 Å². The largest absolute Gasteiger partial charge is 0.492 e. The van der Waals surface area contributed by atoms with Crippen molar-refractivity contribution < 1.29 is 9.53 Å². The van der Waals surface area contributed by atoms with Crippen molar-refractivity contribution in [1.82, 2.24) is 20.1 Å². The van der Waals surface area contributed by atoms with Crippen molar-refractivity contribution in [1.29, 1.82) is 0 Å². The second-order valence-corrected chi connectivity index (χ2v) is 7.07. The minimum absolute atomic E-state index is 0.133. The van der Waals surface area contributed by atoms with Gasteiger partial charge < -0.3 is 14.6 Å². The van der Waals surface area contributed by atoms with E-state index in [0.717, 1.165) is 56.0 Å². The van der Waals surface area contributed by atoms with Gasteiger partial charge in [0.25, 0.3) is 0 Å². The summed E-state index contributed by atoms with van der Waals surface area (Å²) in [5.41, 5.74) is 0.754. The van der Waals surface area contributed by atoms with Gasteiger partial charge in [-0.25, -0.2) is 4.79 Å². The predicted molar refractivity (Wildman–Crippen MR) is 110 cm³/mol. The number of nitrogens with zero attached hydrogens (tertiary/aromatic N) is 4. The van der Waals surface area contributed by atoms with Crippen molar-refractivity contribution in [2.75, 3.05) is 18.1 Å². The summed E-state index contributed by atoms with van der Waals surface area (Å²) in [6, 6.07) is 7.53. The fourth-order valence-electron chi connectivity index (χ4n) is 3.50. The minimum atomic E-state index is -0.133. The standard InChI is InChI=1S/C21H31N5O2/c1-3-5-14-22-21(27)26(17-11-8-9-12-18(17)28-4-2)16-20-24-23-19-13-7-6-10-15-25(19)20/h8-9,11-12H,3-7,10,13-16H2,1-2H3,(H,22,27). The van der Waals surface area contributed by atoms with Crippen molar-refractivity contribution in [3.8, 4) is 5.75 Å². The van der Waals surface area contributed by atoms with Gasteiger partial charge in [-0.3, -0.25) is 4.90 Å². The highest BCUT2D eigenvalue weighted by Gasteiger charge is 2.23. The molecule has 3 rings (SSSR count). The number of hydrogen-bond donors (Lipinski definition) is 1. The molecule has 1 aromatic carbocycles. The first-order valence-electron chi connectivity index (χ1n) is 10.4. The normalized spacial score (nSPS) is 13.5. The Labute approximate surface area is 167 Å². The van der Waals surface area contributed by atoms with E-state index in [2.05, 4.69) is 27.0 Å². The van der Waals surface area contributed by atoms with Crippen LogP contribution in [0.5, 0.6) is 5.75 Å². The Hall–Kier alpha value is -2.57. The first-order valence-corrected chi connectivity index (χ1v) is 10.4. The van der Waals surface area contributed by atoms with E-state index >= 15 is 0 Å². The molecular weight excluding hydrogens is 354 g/mol. The van der Waals surface area contributed by atoms with Gasteiger partial charge >= 0.3 is 6.03 Å². The van der Waals surface area contributed by atoms with E-state index in [0.29, 0.717) is 25.4 Å². The second kappa shape index (κ2) is 10.1. The third-order valence-electron chi connectivity index (χ3n) is 4.99. The van der Waals surface area contributed by atoms with Crippen molar-refractivity contribution in [2.24, 2.45) is 0 Å². The summed E-state index contributed by atoms with van der Waals surface area (Å²) in [6.07, 6.45) is 6.41. The molecule has 0 aliphatic carbocycles. The summed E-state index contributed by atoms with van der Waals surface area (Å²) >= 11 is 0. The average Bonchev–Trinajstić information content (AvgIpc) is 2.93. The van der Waals surface area contributed by atoms with E-state index in [1.807, 2.05) is 31.2 Å². The van der Waals surface area contributed by atoms with Crippen molar-refractivity contribution in [2.45, 2.75) is 65.5 Å². The second-order valence-electron chi connectivity index (χ2n) is 7.07. The Balaban J connectivity index is 1.89. The number of anilines is 1. The molecule has 0 bridgehead atoms. The molecule has 0 fully saturated rings. The zero-order valence-electron chi connectivity index (χ0n) is 17.0. The number of hydrogen-bond acceptors (Lipinski definition) is 4. The maximum atomic E-state index is 13.0. The lowest BCUT2D eigenvalue weighted by molar-refractivity contribution is 0.245. The van der Waals surface area contributed by atoms with Crippen molar-refractivity contribution in [3.63, 3.8) is 0 Å². The molecule has 0 unspecified atom stereocenters. The number of aryl methyl sites for hydroxylation is 1. The Morgan fingerprint density at radius 2 is 2.07 bits per heavy atom. The van der Waals surface area contributed by atoms with Gasteiger partial charge in [-0.2, -0.15) is 0 Å². The summed E-state index contributed by atoms with van der Waals surface area (Å²) in [5.74, 6) is 2.55. The molecule has 7 heteroatoms. The maximum Gasteiger partial charge on any atom is 0.322 e. The van der Waals surface area contributed by atoms with Crippen LogP contribution in [0.3, 0.4) is 0 Å². The number of ether oxygens (including phenoxy) is 1. The van der Waals surface area contributed by atoms with E-state index in [1.165, 1.54) is 6.42 Å². The molecule has 7 nitrogen and oxygen atoms in total. The van der Waals surface area contributed by atoms with E-state index in [-0.39, 0.29) is 6.03 Å². The highest BCUT2D eigenvalue weighted by molar-refractivity contribution is 5.93. The molecule has 1 N–H and O–H groups in total. The number of rotatable bonds is 8. The topological polar surface area (TPSA) is 72.3 Å². The lowest BCUT2D eigenvalue weighted by Crippen LogP contribution is -2.41. The SMILES string of the molecule is CCCCNC(=O)N(Cc1nnc2n1CCCCC2)c1ccccc1OCC. The maximum absolute atomic E-state index is 13.0. The summed E-state index contributed by atoms with van der Waals surface area (Å²) in [4.78, 5) is 14.8. The first kappa shape index (κ1) is 20.2. The van der Waals surface area contributed by atoms with Crippen LogP contribution in [0.1, 0.15) is 57.6 Å². The van der Waals surface area contributed by atoms with Gasteiger partial charge in [-0.1, -0.05) is 31.9 Å². The van der Waals surface area contributed by atoms with Gasteiger partial charge in [0, 0.05) is 19.5 Å². The van der Waals surface area contributed by atoms with Crippen LogP contribution in [0.15, 0.2) is 24.3 Å². The molecule has 0 radical (unpaired) electrons. The zero-order chi connectivity index (χ0) is 19.8. The molecule has 2 heterocycles. The molecule has 0 saturated carbocycles. The summed E-state index contributed by atoms with van der Waals surface area (Å²) in [7, 11) is 0. The number of urea groups is 1. The fraction of sp³-hybridized carbons (Fsp3) is 0.571. The minimum Gasteiger partial charge on any atom is -0.492 e. The highest BCUT2D eigenvalue weighted by atomic mass is 16.5. The van der Waals surface area contributed by atoms with Gasteiger partial charge in [-0.15, -0.1) is 10.2 Å². The van der Waals surface area contributed by atoms with Crippen LogP contribution in [0.25, 0.3) is 0 Å². The quantitative estimate of drug-likeness (QED) is 0.699. The summed E-state index contributed by atoms with van der Waals surface area (Å²) < 4.78 is 7.96. The van der Waals surface area contributed by atoms with Crippen molar-refractivity contribution in [3.05, 3.63) is 35.9 Å². The van der Waals surface area contributed by atoms with Crippen LogP contribution >= 0.6 is 0 Å². The molecule has 1 aliphatic rings. The monoisotopic (exact) mass is 385 g/mol. The lowest BCUT2D eigenvalue weighted by atomic mass is 10.2. The van der Waals surface area contributed by atoms with Gasteiger partial charge in [0.05, 0.1) is 18.8 Å². The Kier molecular flexibility index (Phi) is 7.28. The molecule has 0 spiro atoms. The molecule has 0 saturated heterocycles. The number of para-hydroxylation sites is 2. The van der Waals surface area contributed by atoms with Crippen LogP contribution in [0, 0.1) is 0 Å². The lowest BCUT2D eigenvalue weighted by Gasteiger charge is -2.25. The highest BCUT2D eigenvalue weighted by Crippen LogP contribution is 2.29. The third kappa shape index (κ3) is 4.82. The smallest absolute Gasteiger partial charge is 0.322 e. The molecule has 1 aliphatic heterocycles. The fourth-order valence-corrected chi connectivity index (χ4v) is 3.50. The molecule has 1 aromatic heterocycles. The molecule has 2 aromatic rings. The van der Waals surface area contributed by atoms with Crippen LogP contribution in [-0.4, -0.2) is 33.9 Å². The van der Waals surface area contributed by atoms with Crippen LogP contribution in [-0.2, 0) is 19.5 Å². The van der Waals surface area contributed by atoms with Crippen LogP contribution < -0.4 is 15.0 Å². The van der Waals surface area contributed by atoms with Crippen LogP contribution in [0.2, 0.25) is 0 Å². The number of aromatic nitrogens is 3. The molecule has 2 amide bonds. The van der Waals surface area contributed by atoms with Gasteiger partial charge in [-0.05, 0) is 38.3 Å². The number of carbonyl (C=O) groups is 1. The van der Waals surface area contributed by atoms with Gasteiger partial charge in [0.1, 0.15) is 11.6 Å².